The number of aldehydes is 1. The number of carbonyl (C=O) groups excluding carboxylic acids is 1. The van der Waals surface area contributed by atoms with Crippen LogP contribution in [-0.2, 0) is 11.0 Å². The number of nitro benzene ring substituents is 1. The van der Waals surface area contributed by atoms with Gasteiger partial charge in [0.2, 0.25) is 0 Å². The van der Waals surface area contributed by atoms with Crippen LogP contribution in [0.3, 0.4) is 0 Å². The van der Waals surface area contributed by atoms with E-state index in [0.717, 1.165) is 37.5 Å². The van der Waals surface area contributed by atoms with E-state index in [4.69, 9.17) is 0 Å². The van der Waals surface area contributed by atoms with Crippen molar-refractivity contribution in [2.75, 3.05) is 32.7 Å². The van der Waals surface area contributed by atoms with Crippen LogP contribution in [0.5, 0.6) is 0 Å². The van der Waals surface area contributed by atoms with Crippen LogP contribution in [0.4, 0.5) is 18.9 Å². The maximum atomic E-state index is 13.2. The number of thioether (sulfide) groups is 1. The maximum absolute atomic E-state index is 13.2. The van der Waals surface area contributed by atoms with Gasteiger partial charge in [0.25, 0.3) is 5.69 Å². The van der Waals surface area contributed by atoms with Gasteiger partial charge in [-0.25, -0.2) is 4.99 Å². The SMILES string of the molecule is CC(C)CN1CCN(C2=NC(C=O)c3cc(C(F)(F)F)cc([N+](=O)[O-])c3S2)CC1. The van der Waals surface area contributed by atoms with Crippen molar-refractivity contribution in [3.63, 3.8) is 0 Å². The summed E-state index contributed by atoms with van der Waals surface area (Å²) in [6.45, 7) is 8.05. The normalized spacial score (nSPS) is 20.4. The van der Waals surface area contributed by atoms with E-state index in [9.17, 15) is 28.1 Å². The summed E-state index contributed by atoms with van der Waals surface area (Å²) >= 11 is 0.962. The first-order chi connectivity index (χ1) is 13.6. The molecule has 0 spiro atoms. The first kappa shape index (κ1) is 21.6. The fourth-order valence-corrected chi connectivity index (χ4v) is 4.66. The smallest absolute Gasteiger partial charge is 0.349 e. The van der Waals surface area contributed by atoms with Crippen molar-refractivity contribution < 1.29 is 22.9 Å². The fraction of sp³-hybridized carbons (Fsp3) is 0.556. The molecule has 1 aromatic rings. The van der Waals surface area contributed by atoms with Crippen LogP contribution >= 0.6 is 11.8 Å². The lowest BCUT2D eigenvalue weighted by molar-refractivity contribution is -0.388. The van der Waals surface area contributed by atoms with E-state index in [1.165, 1.54) is 0 Å². The number of fused-ring (bicyclic) bond motifs is 1. The highest BCUT2D eigenvalue weighted by atomic mass is 32.2. The molecule has 29 heavy (non-hydrogen) atoms. The fourth-order valence-electron chi connectivity index (χ4n) is 3.46. The molecule has 0 saturated carbocycles. The number of nitro groups is 1. The first-order valence-corrected chi connectivity index (χ1v) is 9.99. The van der Waals surface area contributed by atoms with E-state index >= 15 is 0 Å². The zero-order chi connectivity index (χ0) is 21.3. The Morgan fingerprint density at radius 2 is 1.97 bits per heavy atom. The van der Waals surface area contributed by atoms with Crippen molar-refractivity contribution in [3.8, 4) is 0 Å². The topological polar surface area (TPSA) is 79.0 Å². The molecule has 1 unspecified atom stereocenters. The lowest BCUT2D eigenvalue weighted by Gasteiger charge is -2.38. The molecule has 158 valence electrons. The Hall–Kier alpha value is -2.14. The number of halogens is 3. The van der Waals surface area contributed by atoms with Gasteiger partial charge in [-0.15, -0.1) is 0 Å². The van der Waals surface area contributed by atoms with E-state index in [-0.39, 0.29) is 10.5 Å². The standard InChI is InChI=1S/C18H21F3N4O3S/c1-11(2)9-23-3-5-24(6-4-23)17-22-14(10-26)13-7-12(18(19,20)21)8-15(25(27)28)16(13)29-17/h7-8,10-11,14H,3-6,9H2,1-2H3. The minimum Gasteiger partial charge on any atom is -0.349 e. The Kier molecular flexibility index (Phi) is 6.18. The molecular weight excluding hydrogens is 409 g/mol. The van der Waals surface area contributed by atoms with Crippen molar-refractivity contribution >= 4 is 28.9 Å². The molecule has 1 saturated heterocycles. The van der Waals surface area contributed by atoms with Crippen molar-refractivity contribution in [1.82, 2.24) is 9.80 Å². The molecule has 0 amide bonds. The second kappa shape index (κ2) is 8.31. The number of hydrogen-bond acceptors (Lipinski definition) is 7. The molecule has 0 radical (unpaired) electrons. The van der Waals surface area contributed by atoms with Gasteiger partial charge in [0.1, 0.15) is 12.3 Å². The van der Waals surface area contributed by atoms with Crippen LogP contribution in [0, 0.1) is 16.0 Å². The molecule has 1 atom stereocenters. The molecule has 2 aliphatic rings. The van der Waals surface area contributed by atoms with E-state index in [0.29, 0.717) is 36.5 Å². The Bertz CT molecular complexity index is 836. The van der Waals surface area contributed by atoms with Gasteiger partial charge in [-0.3, -0.25) is 15.0 Å². The average Bonchev–Trinajstić information content (AvgIpc) is 2.65. The van der Waals surface area contributed by atoms with Gasteiger partial charge in [-0.05, 0) is 23.7 Å². The molecule has 2 aliphatic heterocycles. The number of amidine groups is 1. The third kappa shape index (κ3) is 4.72. The zero-order valence-electron chi connectivity index (χ0n) is 16.0. The Labute approximate surface area is 170 Å². The Balaban J connectivity index is 1.91. The van der Waals surface area contributed by atoms with Gasteiger partial charge in [0, 0.05) is 44.4 Å². The number of piperazine rings is 1. The van der Waals surface area contributed by atoms with Gasteiger partial charge < -0.3 is 9.69 Å². The summed E-state index contributed by atoms with van der Waals surface area (Å²) in [5, 5.41) is 11.9. The summed E-state index contributed by atoms with van der Waals surface area (Å²) < 4.78 is 39.5. The molecule has 2 heterocycles. The lowest BCUT2D eigenvalue weighted by Crippen LogP contribution is -2.49. The molecule has 1 fully saturated rings. The number of nitrogens with zero attached hydrogens (tertiary/aromatic N) is 4. The highest BCUT2D eigenvalue weighted by Crippen LogP contribution is 2.45. The predicted octanol–water partition coefficient (Wildman–Crippen LogP) is 3.59. The van der Waals surface area contributed by atoms with Gasteiger partial charge in [0.05, 0.1) is 15.4 Å². The van der Waals surface area contributed by atoms with E-state index in [1.54, 1.807) is 0 Å². The Morgan fingerprint density at radius 3 is 2.48 bits per heavy atom. The summed E-state index contributed by atoms with van der Waals surface area (Å²) in [6.07, 6.45) is -4.33. The molecule has 0 N–H and O–H groups in total. The Morgan fingerprint density at radius 1 is 1.31 bits per heavy atom. The number of alkyl halides is 3. The maximum Gasteiger partial charge on any atom is 0.416 e. The van der Waals surface area contributed by atoms with Crippen LogP contribution in [0.15, 0.2) is 22.0 Å². The van der Waals surface area contributed by atoms with E-state index in [2.05, 4.69) is 23.7 Å². The molecule has 0 aromatic heterocycles. The van der Waals surface area contributed by atoms with Crippen LogP contribution in [-0.4, -0.2) is 58.9 Å². The van der Waals surface area contributed by atoms with Gasteiger partial charge in [-0.2, -0.15) is 13.2 Å². The second-order valence-corrected chi connectivity index (χ2v) is 8.42. The minimum absolute atomic E-state index is 0.0507. The van der Waals surface area contributed by atoms with Crippen molar-refractivity contribution in [2.45, 2.75) is 31.0 Å². The van der Waals surface area contributed by atoms with Crippen LogP contribution < -0.4 is 0 Å². The highest BCUT2D eigenvalue weighted by Gasteiger charge is 2.38. The summed E-state index contributed by atoms with van der Waals surface area (Å²) in [5.74, 6) is 0.528. The minimum atomic E-state index is -4.76. The molecule has 1 aromatic carbocycles. The van der Waals surface area contributed by atoms with Crippen molar-refractivity contribution in [2.24, 2.45) is 10.9 Å². The molecule has 3 rings (SSSR count). The van der Waals surface area contributed by atoms with E-state index in [1.807, 2.05) is 4.90 Å². The van der Waals surface area contributed by atoms with Crippen molar-refractivity contribution in [1.29, 1.82) is 0 Å². The third-order valence-electron chi connectivity index (χ3n) is 4.78. The number of rotatable bonds is 4. The summed E-state index contributed by atoms with van der Waals surface area (Å²) in [5.41, 5.74) is -1.89. The van der Waals surface area contributed by atoms with Crippen molar-refractivity contribution in [3.05, 3.63) is 33.4 Å². The average molecular weight is 430 g/mol. The monoisotopic (exact) mass is 430 g/mol. The largest absolute Gasteiger partial charge is 0.416 e. The van der Waals surface area contributed by atoms with E-state index < -0.39 is 28.4 Å². The zero-order valence-corrected chi connectivity index (χ0v) is 16.8. The molecule has 7 nitrogen and oxygen atoms in total. The van der Waals surface area contributed by atoms with Crippen LogP contribution in [0.2, 0.25) is 0 Å². The first-order valence-electron chi connectivity index (χ1n) is 9.18. The van der Waals surface area contributed by atoms with Gasteiger partial charge >= 0.3 is 6.18 Å². The molecular formula is C18H21F3N4O3S. The number of carbonyl (C=O) groups is 1. The summed E-state index contributed by atoms with van der Waals surface area (Å²) in [6, 6.07) is 0.114. The quantitative estimate of drug-likeness (QED) is 0.413. The highest BCUT2D eigenvalue weighted by molar-refractivity contribution is 8.14. The second-order valence-electron chi connectivity index (χ2n) is 7.44. The van der Waals surface area contributed by atoms with Crippen LogP contribution in [0.1, 0.15) is 31.0 Å². The summed E-state index contributed by atoms with van der Waals surface area (Å²) in [7, 11) is 0. The third-order valence-corrected chi connectivity index (χ3v) is 5.97. The summed E-state index contributed by atoms with van der Waals surface area (Å²) in [4.78, 5) is 30.8. The predicted molar refractivity (Wildman–Crippen MR) is 103 cm³/mol. The van der Waals surface area contributed by atoms with Gasteiger partial charge in [0.15, 0.2) is 5.17 Å². The molecule has 0 aliphatic carbocycles. The number of hydrogen-bond donors (Lipinski definition) is 0. The number of benzene rings is 1. The molecule has 11 heteroatoms. The molecule has 0 bridgehead atoms. The lowest BCUT2D eigenvalue weighted by atomic mass is 10.0. The number of aliphatic imine (C=N–C) groups is 1. The van der Waals surface area contributed by atoms with Crippen LogP contribution in [0.25, 0.3) is 0 Å². The van der Waals surface area contributed by atoms with Gasteiger partial charge in [-0.1, -0.05) is 13.8 Å².